The van der Waals surface area contributed by atoms with Crippen LogP contribution in [0.25, 0.3) is 0 Å². The van der Waals surface area contributed by atoms with E-state index in [4.69, 9.17) is 16.3 Å². The fraction of sp³-hybridized carbons (Fsp3) is 0.412. The molecule has 1 unspecified atom stereocenters. The number of aliphatic hydroxyl groups is 1. The summed E-state index contributed by atoms with van der Waals surface area (Å²) in [5.74, 6) is 0.579. The van der Waals surface area contributed by atoms with Crippen molar-refractivity contribution in [1.29, 1.82) is 0 Å². The van der Waals surface area contributed by atoms with Gasteiger partial charge in [-0.25, -0.2) is 4.98 Å². The summed E-state index contributed by atoms with van der Waals surface area (Å²) in [4.78, 5) is 8.65. The fourth-order valence-electron chi connectivity index (χ4n) is 2.08. The molecule has 2 rings (SSSR count). The number of guanidine groups is 1. The number of ether oxygens (including phenoxy) is 1. The lowest BCUT2D eigenvalue weighted by Crippen LogP contribution is -2.39. The third kappa shape index (κ3) is 7.17. The Morgan fingerprint density at radius 2 is 2.11 bits per heavy atom. The molecule has 2 aromatic heterocycles. The molecule has 1 atom stereocenters. The summed E-state index contributed by atoms with van der Waals surface area (Å²) in [6, 6.07) is 5.55. The standard InChI is InChI=1S/C17H20ClF3N4O2S/c1-2-22-16(25-10-12(26)13-4-5-14(18)28-13)23-7-8-27-15-6-3-11(9-24-15)17(19,20)21/h3-6,9,12,26H,2,7-8,10H2,1H3,(H2,22,23,25). The van der Waals surface area contributed by atoms with E-state index in [0.29, 0.717) is 23.4 Å². The zero-order chi connectivity index (χ0) is 20.6. The van der Waals surface area contributed by atoms with E-state index in [1.807, 2.05) is 6.92 Å². The quantitative estimate of drug-likeness (QED) is 0.335. The number of aliphatic hydroxyl groups excluding tert-OH is 1. The van der Waals surface area contributed by atoms with Crippen molar-refractivity contribution in [3.8, 4) is 5.88 Å². The lowest BCUT2D eigenvalue weighted by molar-refractivity contribution is -0.137. The highest BCUT2D eigenvalue weighted by Crippen LogP contribution is 2.29. The monoisotopic (exact) mass is 436 g/mol. The van der Waals surface area contributed by atoms with Crippen LogP contribution in [0.15, 0.2) is 35.5 Å². The van der Waals surface area contributed by atoms with Gasteiger partial charge in [0.2, 0.25) is 5.88 Å². The van der Waals surface area contributed by atoms with Crippen LogP contribution in [0, 0.1) is 0 Å². The van der Waals surface area contributed by atoms with Gasteiger partial charge in [0, 0.05) is 23.7 Å². The van der Waals surface area contributed by atoms with E-state index in [0.717, 1.165) is 17.1 Å². The van der Waals surface area contributed by atoms with Gasteiger partial charge in [0.15, 0.2) is 5.96 Å². The number of nitrogens with zero attached hydrogens (tertiary/aromatic N) is 2. The van der Waals surface area contributed by atoms with Crippen molar-refractivity contribution in [1.82, 2.24) is 15.6 Å². The molecule has 3 N–H and O–H groups in total. The van der Waals surface area contributed by atoms with Crippen LogP contribution in [0.5, 0.6) is 5.88 Å². The predicted molar refractivity (Wildman–Crippen MR) is 103 cm³/mol. The van der Waals surface area contributed by atoms with Crippen molar-refractivity contribution in [3.05, 3.63) is 45.2 Å². The van der Waals surface area contributed by atoms with Crippen LogP contribution < -0.4 is 15.4 Å². The molecule has 0 aliphatic rings. The summed E-state index contributed by atoms with van der Waals surface area (Å²) in [6.07, 6.45) is -4.46. The summed E-state index contributed by atoms with van der Waals surface area (Å²) in [7, 11) is 0. The van der Waals surface area contributed by atoms with Crippen LogP contribution in [-0.2, 0) is 6.18 Å². The Bertz CT molecular complexity index is 769. The van der Waals surface area contributed by atoms with Crippen LogP contribution in [0.2, 0.25) is 4.34 Å². The fourth-order valence-corrected chi connectivity index (χ4v) is 3.11. The van der Waals surface area contributed by atoms with Gasteiger partial charge >= 0.3 is 6.18 Å². The van der Waals surface area contributed by atoms with E-state index in [9.17, 15) is 18.3 Å². The van der Waals surface area contributed by atoms with Crippen LogP contribution in [-0.4, -0.2) is 42.3 Å². The van der Waals surface area contributed by atoms with E-state index in [1.54, 1.807) is 12.1 Å². The number of hydrogen-bond acceptors (Lipinski definition) is 5. The summed E-state index contributed by atoms with van der Waals surface area (Å²) in [6.45, 7) is 3.18. The van der Waals surface area contributed by atoms with Gasteiger partial charge in [-0.3, -0.25) is 4.99 Å². The molecule has 0 spiro atoms. The Kier molecular flexibility index (Phi) is 8.34. The Hall–Kier alpha value is -2.04. The number of alkyl halides is 3. The predicted octanol–water partition coefficient (Wildman–Crippen LogP) is 3.48. The molecule has 11 heteroatoms. The molecule has 28 heavy (non-hydrogen) atoms. The molecule has 0 saturated carbocycles. The van der Waals surface area contributed by atoms with Gasteiger partial charge in [0.05, 0.1) is 23.0 Å². The summed E-state index contributed by atoms with van der Waals surface area (Å²) in [5, 5.41) is 16.2. The average molecular weight is 437 g/mol. The van der Waals surface area contributed by atoms with E-state index in [-0.39, 0.29) is 19.0 Å². The van der Waals surface area contributed by atoms with Crippen molar-refractivity contribution in [2.24, 2.45) is 4.99 Å². The number of thiophene rings is 1. The number of halogens is 4. The maximum Gasteiger partial charge on any atom is 0.417 e. The molecular weight excluding hydrogens is 417 g/mol. The molecule has 2 aromatic rings. The lowest BCUT2D eigenvalue weighted by atomic mass is 10.3. The van der Waals surface area contributed by atoms with Gasteiger partial charge in [-0.15, -0.1) is 11.3 Å². The second-order valence-electron chi connectivity index (χ2n) is 5.54. The van der Waals surface area contributed by atoms with Crippen LogP contribution in [0.1, 0.15) is 23.5 Å². The van der Waals surface area contributed by atoms with Gasteiger partial charge in [0.25, 0.3) is 0 Å². The van der Waals surface area contributed by atoms with E-state index >= 15 is 0 Å². The largest absolute Gasteiger partial charge is 0.476 e. The summed E-state index contributed by atoms with van der Waals surface area (Å²) >= 11 is 7.15. The molecule has 0 saturated heterocycles. The molecule has 0 bridgehead atoms. The number of aliphatic imine (C=N–C) groups is 1. The first-order valence-corrected chi connectivity index (χ1v) is 9.60. The highest BCUT2D eigenvalue weighted by Gasteiger charge is 2.30. The molecular formula is C17H20ClF3N4O2S. The van der Waals surface area contributed by atoms with Crippen LogP contribution >= 0.6 is 22.9 Å². The maximum atomic E-state index is 12.5. The molecule has 0 aromatic carbocycles. The number of pyridine rings is 1. The van der Waals surface area contributed by atoms with Crippen molar-refractivity contribution in [3.63, 3.8) is 0 Å². The van der Waals surface area contributed by atoms with Crippen LogP contribution in [0.4, 0.5) is 13.2 Å². The van der Waals surface area contributed by atoms with Crippen molar-refractivity contribution in [2.45, 2.75) is 19.2 Å². The molecule has 2 heterocycles. The Morgan fingerprint density at radius 3 is 2.68 bits per heavy atom. The first-order valence-electron chi connectivity index (χ1n) is 8.41. The lowest BCUT2D eigenvalue weighted by Gasteiger charge is -2.13. The third-order valence-electron chi connectivity index (χ3n) is 3.40. The van der Waals surface area contributed by atoms with Gasteiger partial charge in [-0.1, -0.05) is 11.6 Å². The van der Waals surface area contributed by atoms with Gasteiger partial charge < -0.3 is 20.5 Å². The van der Waals surface area contributed by atoms with Crippen LogP contribution in [0.3, 0.4) is 0 Å². The first-order chi connectivity index (χ1) is 13.3. The molecule has 0 fully saturated rings. The molecule has 6 nitrogen and oxygen atoms in total. The van der Waals surface area contributed by atoms with Gasteiger partial charge in [-0.2, -0.15) is 13.2 Å². The molecule has 0 aliphatic heterocycles. The second kappa shape index (κ2) is 10.5. The number of hydrogen-bond donors (Lipinski definition) is 3. The zero-order valence-electron chi connectivity index (χ0n) is 15.0. The summed E-state index contributed by atoms with van der Waals surface area (Å²) < 4.78 is 43.4. The normalized spacial score (nSPS) is 13.3. The van der Waals surface area contributed by atoms with Crippen molar-refractivity contribution >= 4 is 28.9 Å². The first kappa shape index (κ1) is 22.3. The maximum absolute atomic E-state index is 12.5. The smallest absolute Gasteiger partial charge is 0.417 e. The molecule has 0 amide bonds. The van der Waals surface area contributed by atoms with E-state index in [1.165, 1.54) is 17.4 Å². The SMILES string of the molecule is CCNC(=NCC(O)c1ccc(Cl)s1)NCCOc1ccc(C(F)(F)F)cn1. The molecule has 154 valence electrons. The number of aromatic nitrogens is 1. The van der Waals surface area contributed by atoms with Gasteiger partial charge in [-0.05, 0) is 25.1 Å². The van der Waals surface area contributed by atoms with Gasteiger partial charge in [0.1, 0.15) is 12.7 Å². The van der Waals surface area contributed by atoms with E-state index in [2.05, 4.69) is 20.6 Å². The second-order valence-corrected chi connectivity index (χ2v) is 7.28. The Labute approximate surface area is 169 Å². The minimum Gasteiger partial charge on any atom is -0.476 e. The number of nitrogens with one attached hydrogen (secondary N) is 2. The minimum absolute atomic E-state index is 0.0988. The zero-order valence-corrected chi connectivity index (χ0v) is 16.5. The summed E-state index contributed by atoms with van der Waals surface area (Å²) in [5.41, 5.74) is -0.829. The topological polar surface area (TPSA) is 78.8 Å². The van der Waals surface area contributed by atoms with Crippen molar-refractivity contribution < 1.29 is 23.0 Å². The molecule has 0 aliphatic carbocycles. The highest BCUT2D eigenvalue weighted by atomic mass is 35.5. The highest BCUT2D eigenvalue weighted by molar-refractivity contribution is 7.16. The van der Waals surface area contributed by atoms with Crippen molar-refractivity contribution in [2.75, 3.05) is 26.2 Å². The Morgan fingerprint density at radius 1 is 1.32 bits per heavy atom. The molecule has 0 radical (unpaired) electrons. The minimum atomic E-state index is -4.43. The number of rotatable bonds is 8. The van der Waals surface area contributed by atoms with E-state index < -0.39 is 17.8 Å². The Balaban J connectivity index is 1.79. The third-order valence-corrected chi connectivity index (χ3v) is 4.73. The average Bonchev–Trinajstić information content (AvgIpc) is 3.09.